The van der Waals surface area contributed by atoms with E-state index in [4.69, 9.17) is 22.9 Å². The zero-order chi connectivity index (χ0) is 48.2. The van der Waals surface area contributed by atoms with Crippen molar-refractivity contribution in [1.82, 2.24) is 45.6 Å². The molecule has 380 valence electrons. The van der Waals surface area contributed by atoms with Gasteiger partial charge in [-0.3, -0.25) is 4.55 Å². The molecule has 4 amide bonds. The van der Waals surface area contributed by atoms with E-state index in [1.54, 1.807) is 0 Å². The number of quaternary nitrogens is 1. The number of carbonyl (C=O) groups excluding carboxylic acids is 2. The monoisotopic (exact) mass is 990 g/mol. The number of rotatable bonds is 24. The van der Waals surface area contributed by atoms with Crippen LogP contribution in [0.4, 0.5) is 9.59 Å². The summed E-state index contributed by atoms with van der Waals surface area (Å²) >= 11 is 0. The molecule has 4 atom stereocenters. The van der Waals surface area contributed by atoms with E-state index in [1.807, 2.05) is 0 Å². The summed E-state index contributed by atoms with van der Waals surface area (Å²) in [5, 5.41) is 20.2. The van der Waals surface area contributed by atoms with Crippen LogP contribution in [0.15, 0.2) is 8.83 Å². The summed E-state index contributed by atoms with van der Waals surface area (Å²) in [4.78, 5) is 27.4. The maximum absolute atomic E-state index is 12.3. The zero-order valence-corrected chi connectivity index (χ0v) is 40.9. The Hall–Kier alpha value is -3.60. The first-order valence-electron chi connectivity index (χ1n) is 24.0. The fourth-order valence-corrected chi connectivity index (χ4v) is 9.80. The van der Waals surface area contributed by atoms with E-state index in [9.17, 15) is 31.0 Å². The average Bonchev–Trinajstić information content (AvgIpc) is 4.04. The molecule has 2 aromatic rings. The first-order valence-corrected chi connectivity index (χ1v) is 26.7. The number of ether oxygens (including phenoxy) is 2. The van der Waals surface area contributed by atoms with Gasteiger partial charge in [-0.2, -0.15) is 22.8 Å². The molecule has 8 rings (SSSR count). The summed E-state index contributed by atoms with van der Waals surface area (Å²) in [5.74, 6) is 1.20. The Kier molecular flexibility index (Phi) is 19.1. The smallest absolute Gasteiger partial charge is 0.418 e. The molecule has 0 radical (unpaired) electrons. The van der Waals surface area contributed by atoms with Crippen molar-refractivity contribution in [2.24, 2.45) is 0 Å². The van der Waals surface area contributed by atoms with Crippen molar-refractivity contribution in [2.45, 2.75) is 174 Å². The molecule has 7 heterocycles. The Morgan fingerprint density at radius 2 is 1.09 bits per heavy atom. The van der Waals surface area contributed by atoms with Gasteiger partial charge in [0.2, 0.25) is 34.0 Å². The van der Waals surface area contributed by atoms with E-state index >= 15 is 0 Å². The van der Waals surface area contributed by atoms with Gasteiger partial charge in [0.05, 0.1) is 50.5 Å². The molecule has 0 spiro atoms. The lowest BCUT2D eigenvalue weighted by Gasteiger charge is -2.39. The van der Waals surface area contributed by atoms with Crippen LogP contribution in [-0.2, 0) is 52.1 Å². The van der Waals surface area contributed by atoms with Gasteiger partial charge in [-0.15, -0.1) is 24.7 Å². The Balaban J connectivity index is 0.000000170. The third-order valence-corrected chi connectivity index (χ3v) is 13.8. The molecule has 1 saturated carbocycles. The van der Waals surface area contributed by atoms with Crippen molar-refractivity contribution < 1.29 is 66.9 Å². The Labute approximate surface area is 393 Å². The lowest BCUT2D eigenvalue weighted by Crippen LogP contribution is -2.50. The Morgan fingerprint density at radius 3 is 1.45 bits per heavy atom. The third kappa shape index (κ3) is 14.7. The molecular weight excluding hydrogens is 921 g/mol. The van der Waals surface area contributed by atoms with Crippen molar-refractivity contribution in [3.63, 3.8) is 0 Å². The fraction of sp³-hybridized carbons (Fsp3) is 0.854. The van der Waals surface area contributed by atoms with Crippen LogP contribution in [0.5, 0.6) is 0 Å². The van der Waals surface area contributed by atoms with E-state index < -0.39 is 57.0 Å². The number of nitrogens with one attached hydrogen (secondary N) is 1. The van der Waals surface area contributed by atoms with Gasteiger partial charge >= 0.3 is 22.5 Å². The fourth-order valence-electron chi connectivity index (χ4n) is 9.03. The van der Waals surface area contributed by atoms with Crippen molar-refractivity contribution in [3.05, 3.63) is 23.6 Å². The minimum atomic E-state index is -5.01. The van der Waals surface area contributed by atoms with Gasteiger partial charge in [-0.1, -0.05) is 53.4 Å². The van der Waals surface area contributed by atoms with Crippen molar-refractivity contribution in [3.8, 4) is 0 Å². The highest BCUT2D eigenvalue weighted by Crippen LogP contribution is 2.40. The van der Waals surface area contributed by atoms with Crippen LogP contribution >= 0.6 is 0 Å². The predicted octanol–water partition coefficient (Wildman–Crippen LogP) is 4.71. The number of amides is 4. The van der Waals surface area contributed by atoms with Crippen molar-refractivity contribution in [2.75, 3.05) is 52.4 Å². The molecule has 24 nitrogen and oxygen atoms in total. The van der Waals surface area contributed by atoms with Crippen LogP contribution in [0.2, 0.25) is 0 Å². The van der Waals surface area contributed by atoms with Crippen molar-refractivity contribution >= 4 is 32.9 Å². The summed E-state index contributed by atoms with van der Waals surface area (Å²) in [6.07, 6.45) is 16.6. The van der Waals surface area contributed by atoms with E-state index in [1.165, 1.54) is 91.8 Å². The molecule has 2 aromatic heterocycles. The van der Waals surface area contributed by atoms with E-state index in [0.29, 0.717) is 47.6 Å². The second kappa shape index (κ2) is 24.3. The van der Waals surface area contributed by atoms with Gasteiger partial charge in [0, 0.05) is 26.2 Å². The number of aromatic nitrogens is 4. The number of nitrogens with zero attached hydrogens (tertiary/aromatic N) is 9. The normalized spacial score (nSPS) is 23.2. The molecule has 5 saturated heterocycles. The summed E-state index contributed by atoms with van der Waals surface area (Å²) in [6.45, 7) is 17.5. The number of carbonyl (C=O) groups is 2. The lowest BCUT2D eigenvalue weighted by atomic mass is 9.96. The van der Waals surface area contributed by atoms with Crippen LogP contribution in [0.1, 0.15) is 160 Å². The van der Waals surface area contributed by atoms with Crippen LogP contribution in [0.3, 0.4) is 0 Å². The summed E-state index contributed by atoms with van der Waals surface area (Å²) in [6, 6.07) is -3.25. The Morgan fingerprint density at radius 1 is 0.657 bits per heavy atom. The highest BCUT2D eigenvalue weighted by molar-refractivity contribution is 7.81. The molecule has 6 aliphatic rings. The molecular formula is C41H70N10O14S2. The minimum Gasteiger partial charge on any atom is -0.724 e. The second-order valence-corrected chi connectivity index (χ2v) is 20.1. The SMILES string of the molecule is CCCC[N+](CCCC)(CCCC)CCCC.O=C1N2C[C@@H](CC[C@H]2c2nnc(COC3CCC3)o2)N1OS(=O)(=O)[O-].O=C1N2C[C@@H](CC[C@H]2c2nnc(COC3CNC3)o2)N1OS(=O)(=O)O. The number of unbranched alkanes of at least 4 members (excludes halogenated alkanes) is 4. The minimum absolute atomic E-state index is 0.136. The van der Waals surface area contributed by atoms with Gasteiger partial charge in [0.1, 0.15) is 25.3 Å². The standard InChI is InChI=1S/C16H36N.C13H18N4O7S.C12H17N5O7S/c1-5-9-13-17(14-10-6-2,15-11-7-3)16-12-8-4;18-13-16-6-8(17(13)24-25(19,20)21)4-5-10(16)12-15-14-11(23-12)7-22-9-2-1-3-9;18-12-16-5-7(17(12)24-25(19,20)21)1-2-9(16)11-15-14-10(23-11)6-22-8-3-13-4-8/h5-16H2,1-4H3;8-10H,1-7H2,(H,19,20,21);7-9,13H,1-6H2,(H,19,20,21)/q+1;;/p-1/t;8-,10+;7-,9+/m.11/s1. The quantitative estimate of drug-likeness (QED) is 0.0818. The summed E-state index contributed by atoms with van der Waals surface area (Å²) in [7, 11) is -9.77. The van der Waals surface area contributed by atoms with Crippen molar-refractivity contribution in [1.29, 1.82) is 0 Å². The Bertz CT molecular complexity index is 1940. The number of fused-ring (bicyclic) bond motifs is 4. The first kappa shape index (κ1) is 52.8. The third-order valence-electron chi connectivity index (χ3n) is 13.2. The van der Waals surface area contributed by atoms with E-state index in [2.05, 4.69) is 62.0 Å². The first-order chi connectivity index (χ1) is 32.1. The maximum atomic E-state index is 12.3. The molecule has 0 unspecified atom stereocenters. The molecule has 0 aromatic carbocycles. The number of hydrogen-bond acceptors (Lipinski definition) is 18. The predicted molar refractivity (Wildman–Crippen MR) is 235 cm³/mol. The second-order valence-electron chi connectivity index (χ2n) is 18.2. The van der Waals surface area contributed by atoms with E-state index in [0.717, 1.165) is 32.4 Å². The van der Waals surface area contributed by atoms with Gasteiger partial charge in [0.15, 0.2) is 0 Å². The maximum Gasteiger partial charge on any atom is 0.418 e. The topological polar surface area (TPSA) is 285 Å². The average molecular weight is 991 g/mol. The highest BCUT2D eigenvalue weighted by Gasteiger charge is 2.50. The van der Waals surface area contributed by atoms with Gasteiger partial charge in [-0.25, -0.2) is 18.0 Å². The van der Waals surface area contributed by atoms with Crippen LogP contribution in [-0.4, -0.2) is 159 Å². The molecule has 1 aliphatic carbocycles. The number of hydrogen-bond donors (Lipinski definition) is 2. The molecule has 6 fully saturated rings. The molecule has 67 heavy (non-hydrogen) atoms. The molecule has 2 N–H and O–H groups in total. The van der Waals surface area contributed by atoms with Crippen LogP contribution < -0.4 is 5.32 Å². The lowest BCUT2D eigenvalue weighted by molar-refractivity contribution is -0.929. The molecule has 5 aliphatic heterocycles. The van der Waals surface area contributed by atoms with Gasteiger partial charge < -0.3 is 42.5 Å². The zero-order valence-electron chi connectivity index (χ0n) is 39.2. The number of urea groups is 2. The molecule has 26 heteroatoms. The summed E-state index contributed by atoms with van der Waals surface area (Å²) < 4.78 is 95.4. The largest absolute Gasteiger partial charge is 0.724 e. The summed E-state index contributed by atoms with van der Waals surface area (Å²) in [5.41, 5.74) is 0. The molecule has 4 bridgehead atoms. The highest BCUT2D eigenvalue weighted by atomic mass is 32.3. The van der Waals surface area contributed by atoms with E-state index in [-0.39, 0.29) is 50.3 Å². The number of hydroxylamine groups is 4. The van der Waals surface area contributed by atoms with Gasteiger partial charge in [0.25, 0.3) is 0 Å². The van der Waals surface area contributed by atoms with Crippen LogP contribution in [0.25, 0.3) is 0 Å². The number of piperidine rings is 2. The van der Waals surface area contributed by atoms with Crippen LogP contribution in [0, 0.1) is 0 Å². The van der Waals surface area contributed by atoms with Gasteiger partial charge in [-0.05, 0) is 70.6 Å².